The maximum absolute atomic E-state index is 12.6. The van der Waals surface area contributed by atoms with Gasteiger partial charge in [0.25, 0.3) is 5.56 Å². The zero-order chi connectivity index (χ0) is 19.4. The second-order valence-electron chi connectivity index (χ2n) is 6.06. The number of amides is 1. The molecule has 3 aromatic rings. The normalized spacial score (nSPS) is 11.4. The van der Waals surface area contributed by atoms with Crippen molar-refractivity contribution in [3.05, 3.63) is 61.6 Å². The fourth-order valence-corrected chi connectivity index (χ4v) is 3.42. The van der Waals surface area contributed by atoms with E-state index in [1.54, 1.807) is 29.2 Å². The van der Waals surface area contributed by atoms with Gasteiger partial charge in [0, 0.05) is 23.0 Å². The van der Waals surface area contributed by atoms with Gasteiger partial charge in [-0.15, -0.1) is 11.3 Å². The molecule has 2 heterocycles. The molecule has 1 amide bonds. The SMILES string of the molecule is CCCN(Cc1nc2cc(Cl)ccc2c(=O)[nH]1)C(=O)C=Cc1csc(C)n1. The summed E-state index contributed by atoms with van der Waals surface area (Å²) in [5.41, 5.74) is 1.02. The standard InChI is InChI=1S/C19H19ClN4O2S/c1-3-8-24(18(25)7-5-14-11-27-12(2)21-14)10-17-22-16-9-13(20)4-6-15(16)19(26)23-17/h4-7,9,11H,3,8,10H2,1-2H3,(H,22,23,26). The number of halogens is 1. The third-order valence-electron chi connectivity index (χ3n) is 3.90. The van der Waals surface area contributed by atoms with Crippen molar-refractivity contribution in [3.63, 3.8) is 0 Å². The highest BCUT2D eigenvalue weighted by atomic mass is 35.5. The molecule has 0 bridgehead atoms. The zero-order valence-corrected chi connectivity index (χ0v) is 16.6. The minimum atomic E-state index is -0.246. The lowest BCUT2D eigenvalue weighted by Crippen LogP contribution is -2.31. The van der Waals surface area contributed by atoms with E-state index in [0.717, 1.165) is 17.1 Å². The number of thiazole rings is 1. The van der Waals surface area contributed by atoms with Crippen LogP contribution in [0.4, 0.5) is 0 Å². The van der Waals surface area contributed by atoms with Crippen molar-refractivity contribution in [1.82, 2.24) is 19.9 Å². The number of carbonyl (C=O) groups is 1. The number of rotatable bonds is 6. The summed E-state index contributed by atoms with van der Waals surface area (Å²) in [6.07, 6.45) is 3.99. The molecule has 0 aliphatic carbocycles. The highest BCUT2D eigenvalue weighted by Crippen LogP contribution is 2.15. The number of hydrogen-bond donors (Lipinski definition) is 1. The smallest absolute Gasteiger partial charge is 0.258 e. The monoisotopic (exact) mass is 402 g/mol. The minimum Gasteiger partial charge on any atom is -0.332 e. The Morgan fingerprint density at radius 3 is 2.89 bits per heavy atom. The number of aromatic nitrogens is 3. The van der Waals surface area contributed by atoms with E-state index in [1.807, 2.05) is 19.2 Å². The summed E-state index contributed by atoms with van der Waals surface area (Å²) >= 11 is 7.53. The van der Waals surface area contributed by atoms with E-state index in [9.17, 15) is 9.59 Å². The minimum absolute atomic E-state index is 0.156. The molecule has 0 saturated heterocycles. The van der Waals surface area contributed by atoms with E-state index in [2.05, 4.69) is 15.0 Å². The highest BCUT2D eigenvalue weighted by molar-refractivity contribution is 7.09. The Morgan fingerprint density at radius 1 is 1.37 bits per heavy atom. The van der Waals surface area contributed by atoms with Gasteiger partial charge >= 0.3 is 0 Å². The first-order chi connectivity index (χ1) is 13.0. The molecule has 1 N–H and O–H groups in total. The summed E-state index contributed by atoms with van der Waals surface area (Å²) < 4.78 is 0. The summed E-state index contributed by atoms with van der Waals surface area (Å²) in [7, 11) is 0. The summed E-state index contributed by atoms with van der Waals surface area (Å²) in [6.45, 7) is 4.67. The van der Waals surface area contributed by atoms with Crippen molar-refractivity contribution in [3.8, 4) is 0 Å². The van der Waals surface area contributed by atoms with Gasteiger partial charge in [-0.05, 0) is 37.6 Å². The number of aryl methyl sites for hydroxylation is 1. The van der Waals surface area contributed by atoms with E-state index >= 15 is 0 Å². The predicted octanol–water partition coefficient (Wildman–Crippen LogP) is 3.79. The molecule has 0 aliphatic rings. The van der Waals surface area contributed by atoms with Crippen molar-refractivity contribution < 1.29 is 4.79 Å². The summed E-state index contributed by atoms with van der Waals surface area (Å²) in [5.74, 6) is 0.269. The van der Waals surface area contributed by atoms with Crippen LogP contribution < -0.4 is 5.56 Å². The summed E-state index contributed by atoms with van der Waals surface area (Å²) in [4.78, 5) is 38.0. The molecule has 6 nitrogen and oxygen atoms in total. The molecule has 0 atom stereocenters. The van der Waals surface area contributed by atoms with E-state index in [0.29, 0.717) is 28.3 Å². The van der Waals surface area contributed by atoms with E-state index in [1.165, 1.54) is 17.4 Å². The van der Waals surface area contributed by atoms with Gasteiger partial charge in [-0.3, -0.25) is 9.59 Å². The lowest BCUT2D eigenvalue weighted by molar-refractivity contribution is -0.126. The largest absolute Gasteiger partial charge is 0.332 e. The Hall–Kier alpha value is -2.51. The summed E-state index contributed by atoms with van der Waals surface area (Å²) in [5, 5.41) is 3.82. The molecule has 0 radical (unpaired) electrons. The summed E-state index contributed by atoms with van der Waals surface area (Å²) in [6, 6.07) is 4.94. The van der Waals surface area contributed by atoms with Crippen LogP contribution in [0.25, 0.3) is 17.0 Å². The Kier molecular flexibility index (Phi) is 6.03. The second-order valence-corrected chi connectivity index (χ2v) is 7.56. The fraction of sp³-hybridized carbons (Fsp3) is 0.263. The number of aromatic amines is 1. The topological polar surface area (TPSA) is 79.0 Å². The Labute approximate surface area is 165 Å². The maximum atomic E-state index is 12.6. The van der Waals surface area contributed by atoms with Crippen LogP contribution in [-0.4, -0.2) is 32.3 Å². The third-order valence-corrected chi connectivity index (χ3v) is 4.92. The number of nitrogens with zero attached hydrogens (tertiary/aromatic N) is 3. The number of H-pyrrole nitrogens is 1. The van der Waals surface area contributed by atoms with Gasteiger partial charge in [0.15, 0.2) is 0 Å². The van der Waals surface area contributed by atoms with Gasteiger partial charge in [-0.2, -0.15) is 0 Å². The van der Waals surface area contributed by atoms with Gasteiger partial charge in [0.1, 0.15) is 5.82 Å². The van der Waals surface area contributed by atoms with Crippen LogP contribution in [0, 0.1) is 6.92 Å². The van der Waals surface area contributed by atoms with Crippen molar-refractivity contribution in [2.45, 2.75) is 26.8 Å². The fourth-order valence-electron chi connectivity index (χ4n) is 2.67. The van der Waals surface area contributed by atoms with E-state index in [4.69, 9.17) is 11.6 Å². The van der Waals surface area contributed by atoms with Crippen molar-refractivity contribution in [2.75, 3.05) is 6.54 Å². The van der Waals surface area contributed by atoms with Crippen LogP contribution in [0.1, 0.15) is 29.9 Å². The zero-order valence-electron chi connectivity index (χ0n) is 15.0. The molecule has 27 heavy (non-hydrogen) atoms. The number of hydrogen-bond acceptors (Lipinski definition) is 5. The van der Waals surface area contributed by atoms with Crippen molar-refractivity contribution >= 4 is 45.8 Å². The van der Waals surface area contributed by atoms with Gasteiger partial charge in [0.05, 0.1) is 28.1 Å². The molecule has 8 heteroatoms. The molecule has 2 aromatic heterocycles. The first-order valence-corrected chi connectivity index (χ1v) is 9.79. The van der Waals surface area contributed by atoms with Crippen LogP contribution in [-0.2, 0) is 11.3 Å². The Balaban J connectivity index is 1.83. The van der Waals surface area contributed by atoms with Gasteiger partial charge in [-0.1, -0.05) is 18.5 Å². The molecule has 140 valence electrons. The second kappa shape index (κ2) is 8.45. The average molecular weight is 403 g/mol. The number of benzene rings is 1. The Morgan fingerprint density at radius 2 is 2.19 bits per heavy atom. The molecular weight excluding hydrogens is 384 g/mol. The van der Waals surface area contributed by atoms with Crippen molar-refractivity contribution in [2.24, 2.45) is 0 Å². The van der Waals surface area contributed by atoms with Gasteiger partial charge in [0.2, 0.25) is 5.91 Å². The molecular formula is C19H19ClN4O2S. The lowest BCUT2D eigenvalue weighted by Gasteiger charge is -2.20. The van der Waals surface area contributed by atoms with Crippen molar-refractivity contribution in [1.29, 1.82) is 0 Å². The average Bonchev–Trinajstić information content (AvgIpc) is 3.04. The molecule has 0 aliphatic heterocycles. The van der Waals surface area contributed by atoms with E-state index < -0.39 is 0 Å². The van der Waals surface area contributed by atoms with E-state index in [-0.39, 0.29) is 18.0 Å². The first-order valence-electron chi connectivity index (χ1n) is 8.54. The molecule has 1 aromatic carbocycles. The molecule has 0 unspecified atom stereocenters. The third kappa shape index (κ3) is 4.81. The van der Waals surface area contributed by atoms with Gasteiger partial charge in [-0.25, -0.2) is 9.97 Å². The Bertz CT molecular complexity index is 1060. The lowest BCUT2D eigenvalue weighted by atomic mass is 10.2. The number of fused-ring (bicyclic) bond motifs is 1. The molecule has 3 rings (SSSR count). The quantitative estimate of drug-likeness (QED) is 0.636. The molecule has 0 saturated carbocycles. The maximum Gasteiger partial charge on any atom is 0.258 e. The number of nitrogens with one attached hydrogen (secondary N) is 1. The first kappa shape index (κ1) is 19.3. The predicted molar refractivity (Wildman–Crippen MR) is 109 cm³/mol. The van der Waals surface area contributed by atoms with Gasteiger partial charge < -0.3 is 9.88 Å². The molecule has 0 spiro atoms. The molecule has 0 fully saturated rings. The highest BCUT2D eigenvalue weighted by Gasteiger charge is 2.13. The number of carbonyl (C=O) groups excluding carboxylic acids is 1. The van der Waals surface area contributed by atoms with Crippen LogP contribution in [0.5, 0.6) is 0 Å². The van der Waals surface area contributed by atoms with Crippen LogP contribution in [0.2, 0.25) is 5.02 Å². The van der Waals surface area contributed by atoms with Crippen LogP contribution in [0.3, 0.4) is 0 Å². The van der Waals surface area contributed by atoms with Crippen LogP contribution in [0.15, 0.2) is 34.4 Å². The van der Waals surface area contributed by atoms with Crippen LogP contribution >= 0.6 is 22.9 Å².